The van der Waals surface area contributed by atoms with E-state index in [1.54, 1.807) is 13.8 Å². The molecule has 36 heavy (non-hydrogen) atoms. The molecular weight excluding hydrogens is 456 g/mol. The highest BCUT2D eigenvalue weighted by molar-refractivity contribution is 5.85. The van der Waals surface area contributed by atoms with Gasteiger partial charge in [0.25, 0.3) is 0 Å². The number of aliphatic carboxylic acids is 1. The van der Waals surface area contributed by atoms with Crippen LogP contribution in [0.3, 0.4) is 0 Å². The van der Waals surface area contributed by atoms with Crippen LogP contribution in [0, 0.1) is 17.8 Å². The molecule has 1 fully saturated rings. The number of nitrogens with one attached hydrogen (secondary N) is 1. The zero-order chi connectivity index (χ0) is 26.2. The number of hydrogen-bond acceptors (Lipinski definition) is 5. The Bertz CT molecular complexity index is 996. The molecule has 1 aliphatic rings. The molecule has 3 atom stereocenters. The van der Waals surface area contributed by atoms with Crippen molar-refractivity contribution in [3.05, 3.63) is 41.3 Å². The summed E-state index contributed by atoms with van der Waals surface area (Å²) >= 11 is 0. The zero-order valence-electron chi connectivity index (χ0n) is 22.4. The van der Waals surface area contributed by atoms with E-state index in [4.69, 9.17) is 14.1 Å². The Kier molecular flexibility index (Phi) is 10.1. The molecule has 0 saturated heterocycles. The van der Waals surface area contributed by atoms with Gasteiger partial charge in [-0.05, 0) is 61.1 Å². The second-order valence-corrected chi connectivity index (χ2v) is 10.7. The third-order valence-electron chi connectivity index (χ3n) is 7.06. The molecule has 7 heteroatoms. The summed E-state index contributed by atoms with van der Waals surface area (Å²) in [6.07, 6.45) is 5.21. The van der Waals surface area contributed by atoms with Gasteiger partial charge in [-0.15, -0.1) is 0 Å². The smallest absolute Gasteiger partial charge is 0.326 e. The Labute approximate surface area is 215 Å². The first-order chi connectivity index (χ1) is 17.2. The Morgan fingerprint density at radius 2 is 1.89 bits per heavy atom. The maximum Gasteiger partial charge on any atom is 0.326 e. The van der Waals surface area contributed by atoms with Gasteiger partial charge < -0.3 is 19.6 Å². The number of nitrogens with zero attached hydrogens (tertiary/aromatic N) is 1. The molecule has 1 aliphatic carbocycles. The summed E-state index contributed by atoms with van der Waals surface area (Å²) in [5, 5.41) is 12.1. The number of amides is 1. The minimum absolute atomic E-state index is 0.157. The number of carbonyl (C=O) groups excluding carboxylic acids is 1. The molecule has 1 aromatic heterocycles. The Balaban J connectivity index is 1.57. The minimum atomic E-state index is -0.986. The van der Waals surface area contributed by atoms with Crippen molar-refractivity contribution in [3.8, 4) is 11.5 Å². The number of carboxylic acid groups (broad SMARTS) is 1. The fraction of sp³-hybridized carbons (Fsp3) is 0.621. The summed E-state index contributed by atoms with van der Waals surface area (Å²) in [7, 11) is 0. The largest absolute Gasteiger partial charge is 0.480 e. The summed E-state index contributed by atoms with van der Waals surface area (Å²) in [6, 6.07) is 7.50. The predicted molar refractivity (Wildman–Crippen MR) is 140 cm³/mol. The molecular formula is C29H42N2O5. The molecule has 1 aromatic carbocycles. The van der Waals surface area contributed by atoms with E-state index in [2.05, 4.69) is 50.4 Å². The first-order valence-corrected chi connectivity index (χ1v) is 13.4. The molecule has 198 valence electrons. The SMILES string of the molecule is CCCc1oc(-c2ccc(C(C)C)cc2)nc1COCC1CCCC(C(=O)N[C@H](C(=O)O)C(C)C)C1. The van der Waals surface area contributed by atoms with E-state index < -0.39 is 12.0 Å². The van der Waals surface area contributed by atoms with Gasteiger partial charge in [0.05, 0.1) is 6.61 Å². The van der Waals surface area contributed by atoms with Crippen LogP contribution in [-0.2, 0) is 27.4 Å². The predicted octanol–water partition coefficient (Wildman–Crippen LogP) is 5.97. The van der Waals surface area contributed by atoms with Crippen molar-refractivity contribution < 1.29 is 23.8 Å². The molecule has 1 saturated carbocycles. The van der Waals surface area contributed by atoms with Crippen LogP contribution in [-0.4, -0.2) is 34.6 Å². The molecule has 1 amide bonds. The number of ether oxygens (including phenoxy) is 1. The average Bonchev–Trinajstić information content (AvgIpc) is 3.25. The second-order valence-electron chi connectivity index (χ2n) is 10.7. The fourth-order valence-electron chi connectivity index (χ4n) is 4.84. The molecule has 0 aliphatic heterocycles. The van der Waals surface area contributed by atoms with E-state index in [0.29, 0.717) is 31.4 Å². The van der Waals surface area contributed by atoms with Crippen molar-refractivity contribution in [2.45, 2.75) is 91.7 Å². The number of benzene rings is 1. The van der Waals surface area contributed by atoms with Gasteiger partial charge in [0, 0.05) is 24.5 Å². The maximum atomic E-state index is 12.7. The van der Waals surface area contributed by atoms with Crippen molar-refractivity contribution in [2.75, 3.05) is 6.61 Å². The van der Waals surface area contributed by atoms with Crippen LogP contribution in [0.1, 0.15) is 89.7 Å². The van der Waals surface area contributed by atoms with Crippen molar-refractivity contribution in [1.82, 2.24) is 10.3 Å². The summed E-state index contributed by atoms with van der Waals surface area (Å²) in [5.41, 5.74) is 3.08. The van der Waals surface area contributed by atoms with Crippen LogP contribution >= 0.6 is 0 Å². The molecule has 2 aromatic rings. The van der Waals surface area contributed by atoms with E-state index in [1.165, 1.54) is 5.56 Å². The van der Waals surface area contributed by atoms with Crippen LogP contribution < -0.4 is 5.32 Å². The summed E-state index contributed by atoms with van der Waals surface area (Å²) in [5.74, 6) is 0.761. The van der Waals surface area contributed by atoms with Gasteiger partial charge in [0.1, 0.15) is 17.5 Å². The van der Waals surface area contributed by atoms with Gasteiger partial charge in [-0.3, -0.25) is 4.79 Å². The normalized spacial score (nSPS) is 19.0. The molecule has 1 heterocycles. The zero-order valence-corrected chi connectivity index (χ0v) is 22.4. The van der Waals surface area contributed by atoms with Gasteiger partial charge in [0.15, 0.2) is 0 Å². The highest BCUT2D eigenvalue weighted by Crippen LogP contribution is 2.31. The molecule has 2 N–H and O–H groups in total. The maximum absolute atomic E-state index is 12.7. The van der Waals surface area contributed by atoms with Gasteiger partial charge in [0.2, 0.25) is 11.8 Å². The lowest BCUT2D eigenvalue weighted by atomic mass is 9.81. The van der Waals surface area contributed by atoms with E-state index in [1.807, 2.05) is 0 Å². The second kappa shape index (κ2) is 13.0. The van der Waals surface area contributed by atoms with Crippen molar-refractivity contribution in [2.24, 2.45) is 17.8 Å². The summed E-state index contributed by atoms with van der Waals surface area (Å²) < 4.78 is 12.2. The van der Waals surface area contributed by atoms with Gasteiger partial charge in [-0.1, -0.05) is 53.2 Å². The van der Waals surface area contributed by atoms with E-state index in [-0.39, 0.29) is 23.7 Å². The van der Waals surface area contributed by atoms with Crippen LogP contribution in [0.2, 0.25) is 0 Å². The van der Waals surface area contributed by atoms with Crippen molar-refractivity contribution >= 4 is 11.9 Å². The van der Waals surface area contributed by atoms with Crippen LogP contribution in [0.15, 0.2) is 28.7 Å². The minimum Gasteiger partial charge on any atom is -0.480 e. The molecule has 7 nitrogen and oxygen atoms in total. The number of oxazole rings is 1. The van der Waals surface area contributed by atoms with Gasteiger partial charge in [-0.25, -0.2) is 9.78 Å². The lowest BCUT2D eigenvalue weighted by Crippen LogP contribution is -2.47. The number of aryl methyl sites for hydroxylation is 1. The third-order valence-corrected chi connectivity index (χ3v) is 7.06. The average molecular weight is 499 g/mol. The van der Waals surface area contributed by atoms with Crippen LogP contribution in [0.4, 0.5) is 0 Å². The molecule has 0 bridgehead atoms. The molecule has 3 rings (SSSR count). The van der Waals surface area contributed by atoms with Gasteiger partial charge >= 0.3 is 5.97 Å². The van der Waals surface area contributed by atoms with Crippen molar-refractivity contribution in [3.63, 3.8) is 0 Å². The molecule has 0 spiro atoms. The number of hydrogen-bond donors (Lipinski definition) is 2. The highest BCUT2D eigenvalue weighted by atomic mass is 16.5. The highest BCUT2D eigenvalue weighted by Gasteiger charge is 2.31. The number of rotatable bonds is 12. The standard InChI is InChI=1S/C29H42N2O5/c1-6-8-25-24(30-28(36-25)22-13-11-21(12-14-22)18(2)3)17-35-16-20-9-7-10-23(15-20)27(32)31-26(19(4)5)29(33)34/h11-14,18-20,23,26H,6-10,15-17H2,1-5H3,(H,31,32)(H,33,34)/t20?,23?,26-/m0/s1. The lowest BCUT2D eigenvalue weighted by molar-refractivity contribution is -0.144. The molecule has 2 unspecified atom stereocenters. The first kappa shape index (κ1) is 27.9. The van der Waals surface area contributed by atoms with E-state index in [9.17, 15) is 14.7 Å². The van der Waals surface area contributed by atoms with Gasteiger partial charge in [-0.2, -0.15) is 0 Å². The van der Waals surface area contributed by atoms with Crippen molar-refractivity contribution in [1.29, 1.82) is 0 Å². The number of carbonyl (C=O) groups is 2. The Morgan fingerprint density at radius 3 is 2.50 bits per heavy atom. The third kappa shape index (κ3) is 7.42. The fourth-order valence-corrected chi connectivity index (χ4v) is 4.84. The van der Waals surface area contributed by atoms with E-state index >= 15 is 0 Å². The van der Waals surface area contributed by atoms with Crippen LogP contribution in [0.5, 0.6) is 0 Å². The summed E-state index contributed by atoms with van der Waals surface area (Å²) in [6.45, 7) is 11.0. The Morgan fingerprint density at radius 1 is 1.17 bits per heavy atom. The summed E-state index contributed by atoms with van der Waals surface area (Å²) in [4.78, 5) is 28.9. The number of aromatic nitrogens is 1. The Hall–Kier alpha value is -2.67. The van der Waals surface area contributed by atoms with E-state index in [0.717, 1.165) is 49.1 Å². The monoisotopic (exact) mass is 498 g/mol. The van der Waals surface area contributed by atoms with Crippen LogP contribution in [0.25, 0.3) is 11.5 Å². The molecule has 0 radical (unpaired) electrons. The topological polar surface area (TPSA) is 102 Å². The lowest BCUT2D eigenvalue weighted by Gasteiger charge is -2.29. The number of carboxylic acids is 1. The quantitative estimate of drug-likeness (QED) is 0.374. The first-order valence-electron chi connectivity index (χ1n) is 13.4.